The molecule has 4 nitrogen and oxygen atoms in total. The molecule has 2 heterocycles. The number of hydrazone groups is 1. The van der Waals surface area contributed by atoms with Crippen LogP contribution in [0.5, 0.6) is 5.75 Å². The van der Waals surface area contributed by atoms with Crippen LogP contribution in [0, 0.1) is 6.92 Å². The Morgan fingerprint density at radius 2 is 1.75 bits per heavy atom. The van der Waals surface area contributed by atoms with Crippen LogP contribution in [-0.2, 0) is 4.79 Å². The average Bonchev–Trinajstić information content (AvgIpc) is 3.14. The molecule has 3 aromatic rings. The van der Waals surface area contributed by atoms with Gasteiger partial charge in [0, 0.05) is 16.2 Å². The van der Waals surface area contributed by atoms with Gasteiger partial charge in [0.05, 0.1) is 17.0 Å². The lowest BCUT2D eigenvalue weighted by molar-refractivity contribution is -0.114. The first-order valence-electron chi connectivity index (χ1n) is 10.5. The molecule has 0 radical (unpaired) electrons. The Bertz CT molecular complexity index is 1240. The van der Waals surface area contributed by atoms with E-state index >= 15 is 0 Å². The van der Waals surface area contributed by atoms with Crippen molar-refractivity contribution >= 4 is 35.1 Å². The molecule has 0 unspecified atom stereocenters. The van der Waals surface area contributed by atoms with Gasteiger partial charge in [0.15, 0.2) is 0 Å². The van der Waals surface area contributed by atoms with E-state index in [0.717, 1.165) is 33.2 Å². The number of hydrogen-bond donors (Lipinski definition) is 0. The number of nitrogens with zero attached hydrogens (tertiary/aromatic N) is 2. The fourth-order valence-corrected chi connectivity index (χ4v) is 4.49. The lowest BCUT2D eigenvalue weighted by Gasteiger charge is -2.16. The molecule has 0 atom stereocenters. The molecule has 5 rings (SSSR count). The van der Waals surface area contributed by atoms with Crippen molar-refractivity contribution in [2.45, 2.75) is 11.8 Å². The molecule has 5 heteroatoms. The second-order valence-corrected chi connectivity index (χ2v) is 8.75. The first kappa shape index (κ1) is 20.3. The zero-order valence-corrected chi connectivity index (χ0v) is 18.5. The molecular formula is C27H22N2O2S. The normalized spacial score (nSPS) is 16.5. The van der Waals surface area contributed by atoms with Crippen molar-refractivity contribution in [1.29, 1.82) is 0 Å². The second-order valence-electron chi connectivity index (χ2n) is 7.70. The number of para-hydroxylation sites is 2. The number of amides is 1. The summed E-state index contributed by atoms with van der Waals surface area (Å²) in [5.74, 6) is 1.35. The Kier molecular flexibility index (Phi) is 5.65. The predicted octanol–water partition coefficient (Wildman–Crippen LogP) is 5.89. The maximum atomic E-state index is 13.4. The standard InChI is InChI=1S/C27H22N2O2S/c1-19-11-13-23(14-12-19)32-18-25-24(27(30)29(28-25)22-8-3-2-4-9-22)16-20-15-21-7-5-6-10-26(21)31-17-20/h2-16H,17-18H2,1H3/b24-16-. The number of carbonyl (C=O) groups excluding carboxylic acids is 1. The summed E-state index contributed by atoms with van der Waals surface area (Å²) in [7, 11) is 0. The SMILES string of the molecule is Cc1ccc(SCC2=NN(c3ccccc3)C(=O)/C2=C\C2=Cc3ccccc3OC2)cc1. The highest BCUT2D eigenvalue weighted by Gasteiger charge is 2.31. The highest BCUT2D eigenvalue weighted by molar-refractivity contribution is 8.00. The minimum atomic E-state index is -0.115. The number of ether oxygens (including phenoxy) is 1. The van der Waals surface area contributed by atoms with E-state index in [1.54, 1.807) is 11.8 Å². The molecule has 3 aromatic carbocycles. The molecule has 158 valence electrons. The Labute approximate surface area is 191 Å². The zero-order chi connectivity index (χ0) is 21.9. The second kappa shape index (κ2) is 8.89. The molecule has 2 aliphatic heterocycles. The molecule has 32 heavy (non-hydrogen) atoms. The van der Waals surface area contributed by atoms with Gasteiger partial charge in [0.2, 0.25) is 0 Å². The number of rotatable bonds is 5. The Balaban J connectivity index is 1.46. The van der Waals surface area contributed by atoms with Crippen LogP contribution >= 0.6 is 11.8 Å². The summed E-state index contributed by atoms with van der Waals surface area (Å²) in [5.41, 5.74) is 5.34. The van der Waals surface area contributed by atoms with E-state index in [1.807, 2.05) is 60.7 Å². The number of thioether (sulfide) groups is 1. The van der Waals surface area contributed by atoms with Crippen LogP contribution in [0.2, 0.25) is 0 Å². The maximum Gasteiger partial charge on any atom is 0.280 e. The molecule has 0 fully saturated rings. The minimum absolute atomic E-state index is 0.115. The van der Waals surface area contributed by atoms with Crippen molar-refractivity contribution in [2.75, 3.05) is 17.4 Å². The van der Waals surface area contributed by atoms with Gasteiger partial charge in [0.1, 0.15) is 12.4 Å². The Hall–Kier alpha value is -3.57. The third-order valence-electron chi connectivity index (χ3n) is 5.34. The van der Waals surface area contributed by atoms with Gasteiger partial charge in [0.25, 0.3) is 5.91 Å². The largest absolute Gasteiger partial charge is 0.488 e. The van der Waals surface area contributed by atoms with Crippen LogP contribution in [0.15, 0.2) is 106 Å². The summed E-state index contributed by atoms with van der Waals surface area (Å²) in [4.78, 5) is 14.5. The number of benzene rings is 3. The molecule has 0 spiro atoms. The molecule has 0 saturated carbocycles. The zero-order valence-electron chi connectivity index (χ0n) is 17.7. The molecule has 2 aliphatic rings. The fourth-order valence-electron chi connectivity index (χ4n) is 3.64. The lowest BCUT2D eigenvalue weighted by atomic mass is 10.0. The van der Waals surface area contributed by atoms with Gasteiger partial charge >= 0.3 is 0 Å². The van der Waals surface area contributed by atoms with E-state index in [4.69, 9.17) is 9.84 Å². The van der Waals surface area contributed by atoms with E-state index < -0.39 is 0 Å². The minimum Gasteiger partial charge on any atom is -0.488 e. The molecule has 0 aromatic heterocycles. The smallest absolute Gasteiger partial charge is 0.280 e. The van der Waals surface area contributed by atoms with Gasteiger partial charge in [-0.1, -0.05) is 54.1 Å². The van der Waals surface area contributed by atoms with Crippen LogP contribution in [-0.4, -0.2) is 24.0 Å². The Morgan fingerprint density at radius 1 is 1.00 bits per heavy atom. The molecule has 0 aliphatic carbocycles. The predicted molar refractivity (Wildman–Crippen MR) is 131 cm³/mol. The van der Waals surface area contributed by atoms with Crippen LogP contribution in [0.3, 0.4) is 0 Å². The van der Waals surface area contributed by atoms with Crippen LogP contribution in [0.25, 0.3) is 6.08 Å². The van der Waals surface area contributed by atoms with Gasteiger partial charge in [-0.2, -0.15) is 10.1 Å². The van der Waals surface area contributed by atoms with Gasteiger partial charge in [-0.15, -0.1) is 11.8 Å². The van der Waals surface area contributed by atoms with E-state index in [-0.39, 0.29) is 5.91 Å². The monoisotopic (exact) mass is 438 g/mol. The summed E-state index contributed by atoms with van der Waals surface area (Å²) < 4.78 is 5.89. The quantitative estimate of drug-likeness (QED) is 0.368. The van der Waals surface area contributed by atoms with Gasteiger partial charge < -0.3 is 4.74 Å². The number of carbonyl (C=O) groups is 1. The van der Waals surface area contributed by atoms with Crippen molar-refractivity contribution < 1.29 is 9.53 Å². The molecule has 0 bridgehead atoms. The third-order valence-corrected chi connectivity index (χ3v) is 6.36. The maximum absolute atomic E-state index is 13.4. The lowest BCUT2D eigenvalue weighted by Crippen LogP contribution is -2.22. The third kappa shape index (κ3) is 4.25. The highest BCUT2D eigenvalue weighted by Crippen LogP contribution is 2.30. The summed E-state index contributed by atoms with van der Waals surface area (Å²) in [6.45, 7) is 2.50. The molecule has 0 N–H and O–H groups in total. The Morgan fingerprint density at radius 3 is 2.56 bits per heavy atom. The van der Waals surface area contributed by atoms with Crippen LogP contribution in [0.1, 0.15) is 11.1 Å². The van der Waals surface area contributed by atoms with Crippen LogP contribution in [0.4, 0.5) is 5.69 Å². The van der Waals surface area contributed by atoms with E-state index in [2.05, 4.69) is 37.3 Å². The van der Waals surface area contributed by atoms with Gasteiger partial charge in [-0.05, 0) is 55.0 Å². The first-order valence-corrected chi connectivity index (χ1v) is 11.5. The highest BCUT2D eigenvalue weighted by atomic mass is 32.2. The van der Waals surface area contributed by atoms with Crippen molar-refractivity contribution in [3.8, 4) is 5.75 Å². The van der Waals surface area contributed by atoms with E-state index in [9.17, 15) is 4.79 Å². The number of fused-ring (bicyclic) bond motifs is 1. The summed E-state index contributed by atoms with van der Waals surface area (Å²) in [6.07, 6.45) is 4.00. The number of hydrogen-bond acceptors (Lipinski definition) is 4. The topological polar surface area (TPSA) is 41.9 Å². The first-order chi connectivity index (χ1) is 15.7. The summed E-state index contributed by atoms with van der Waals surface area (Å²) in [5, 5.41) is 6.20. The van der Waals surface area contributed by atoms with Gasteiger partial charge in [-0.3, -0.25) is 4.79 Å². The number of aryl methyl sites for hydroxylation is 1. The van der Waals surface area contributed by atoms with Crippen LogP contribution < -0.4 is 9.75 Å². The fraction of sp³-hybridized carbons (Fsp3) is 0.111. The van der Waals surface area contributed by atoms with Crippen molar-refractivity contribution in [3.63, 3.8) is 0 Å². The average molecular weight is 439 g/mol. The van der Waals surface area contributed by atoms with E-state index in [0.29, 0.717) is 17.9 Å². The molecular weight excluding hydrogens is 416 g/mol. The van der Waals surface area contributed by atoms with Crippen molar-refractivity contribution in [3.05, 3.63) is 107 Å². The van der Waals surface area contributed by atoms with Crippen molar-refractivity contribution in [1.82, 2.24) is 0 Å². The van der Waals surface area contributed by atoms with Gasteiger partial charge in [-0.25, -0.2) is 0 Å². The summed E-state index contributed by atoms with van der Waals surface area (Å²) in [6, 6.07) is 25.9. The van der Waals surface area contributed by atoms with E-state index in [1.165, 1.54) is 10.6 Å². The number of anilines is 1. The molecule has 1 amide bonds. The van der Waals surface area contributed by atoms with Crippen molar-refractivity contribution in [2.24, 2.45) is 5.10 Å². The molecule has 0 saturated heterocycles. The summed E-state index contributed by atoms with van der Waals surface area (Å²) >= 11 is 1.68.